The highest BCUT2D eigenvalue weighted by atomic mass is 79.9. The van der Waals surface area contributed by atoms with Crippen LogP contribution in [0.2, 0.25) is 0 Å². The van der Waals surface area contributed by atoms with Crippen molar-refractivity contribution in [3.8, 4) is 0 Å². The lowest BCUT2D eigenvalue weighted by Gasteiger charge is -2.28. The zero-order valence-electron chi connectivity index (χ0n) is 12.3. The molecule has 0 saturated carbocycles. The van der Waals surface area contributed by atoms with E-state index in [0.717, 1.165) is 6.54 Å². The number of nitrogens with zero attached hydrogens (tertiary/aromatic N) is 1. The van der Waals surface area contributed by atoms with E-state index in [1.54, 1.807) is 0 Å². The molecule has 0 radical (unpaired) electrons. The summed E-state index contributed by atoms with van der Waals surface area (Å²) in [5, 5.41) is 3.27. The van der Waals surface area contributed by atoms with Crippen LogP contribution in [0.1, 0.15) is 38.7 Å². The largest absolute Gasteiger partial charge is 0.371 e. The predicted molar refractivity (Wildman–Crippen MR) is 86.8 cm³/mol. The molecule has 1 saturated heterocycles. The van der Waals surface area contributed by atoms with E-state index >= 15 is 0 Å². The zero-order chi connectivity index (χ0) is 13.9. The number of rotatable bonds is 5. The fourth-order valence-corrected chi connectivity index (χ4v) is 3.49. The molecule has 1 aromatic rings. The van der Waals surface area contributed by atoms with Gasteiger partial charge in [-0.15, -0.1) is 0 Å². The first kappa shape index (κ1) is 14.9. The van der Waals surface area contributed by atoms with Gasteiger partial charge in [-0.2, -0.15) is 0 Å². The molecule has 1 aromatic carbocycles. The highest BCUT2D eigenvalue weighted by Gasteiger charge is 2.35. The normalized spacial score (nSPS) is 18.0. The molecular formula is C16H25BrN2. The summed E-state index contributed by atoms with van der Waals surface area (Å²) in [4.78, 5) is 2.57. The quantitative estimate of drug-likeness (QED) is 0.873. The molecule has 106 valence electrons. The first-order valence-electron chi connectivity index (χ1n) is 7.32. The second-order valence-electron chi connectivity index (χ2n) is 5.68. The van der Waals surface area contributed by atoms with Crippen molar-refractivity contribution in [2.75, 3.05) is 25.0 Å². The third-order valence-electron chi connectivity index (χ3n) is 4.69. The Kier molecular flexibility index (Phi) is 4.91. The number of benzene rings is 1. The molecule has 1 heterocycles. The van der Waals surface area contributed by atoms with Gasteiger partial charge >= 0.3 is 0 Å². The number of hydrogen-bond acceptors (Lipinski definition) is 2. The number of anilines is 1. The summed E-state index contributed by atoms with van der Waals surface area (Å²) in [6.45, 7) is 8.00. The molecule has 3 heteroatoms. The maximum absolute atomic E-state index is 3.61. The molecule has 0 bridgehead atoms. The van der Waals surface area contributed by atoms with Gasteiger partial charge in [-0.1, -0.05) is 35.8 Å². The zero-order valence-corrected chi connectivity index (χ0v) is 13.9. The summed E-state index contributed by atoms with van der Waals surface area (Å²) in [5.74, 6) is 0. The first-order chi connectivity index (χ1) is 9.14. The highest BCUT2D eigenvalue weighted by molar-refractivity contribution is 9.10. The van der Waals surface area contributed by atoms with Gasteiger partial charge in [-0.05, 0) is 49.4 Å². The van der Waals surface area contributed by atoms with Crippen molar-refractivity contribution in [1.82, 2.24) is 5.32 Å². The van der Waals surface area contributed by atoms with Crippen molar-refractivity contribution in [2.45, 2.75) is 39.7 Å². The second kappa shape index (κ2) is 6.27. The Bertz CT molecular complexity index is 427. The third kappa shape index (κ3) is 3.14. The number of hydrogen-bond donors (Lipinski definition) is 1. The maximum atomic E-state index is 3.61. The summed E-state index contributed by atoms with van der Waals surface area (Å²) in [5.41, 5.74) is 3.32. The van der Waals surface area contributed by atoms with Crippen LogP contribution in [0.5, 0.6) is 0 Å². The van der Waals surface area contributed by atoms with Crippen LogP contribution >= 0.6 is 15.9 Å². The van der Waals surface area contributed by atoms with Gasteiger partial charge in [0, 0.05) is 29.8 Å². The van der Waals surface area contributed by atoms with E-state index in [-0.39, 0.29) is 0 Å². The van der Waals surface area contributed by atoms with Crippen LogP contribution in [-0.4, -0.2) is 20.1 Å². The third-order valence-corrected chi connectivity index (χ3v) is 5.19. The van der Waals surface area contributed by atoms with Crippen LogP contribution in [0.3, 0.4) is 0 Å². The van der Waals surface area contributed by atoms with Crippen LogP contribution in [0.25, 0.3) is 0 Å². The summed E-state index contributed by atoms with van der Waals surface area (Å²) in [6, 6.07) is 6.64. The van der Waals surface area contributed by atoms with E-state index in [4.69, 9.17) is 0 Å². The topological polar surface area (TPSA) is 15.3 Å². The van der Waals surface area contributed by atoms with Crippen LogP contribution < -0.4 is 10.2 Å². The molecule has 2 rings (SSSR count). The van der Waals surface area contributed by atoms with E-state index < -0.39 is 0 Å². The Morgan fingerprint density at radius 3 is 2.63 bits per heavy atom. The van der Waals surface area contributed by atoms with Gasteiger partial charge < -0.3 is 10.2 Å². The van der Waals surface area contributed by atoms with Gasteiger partial charge in [0.15, 0.2) is 0 Å². The second-order valence-corrected chi connectivity index (χ2v) is 6.60. The van der Waals surface area contributed by atoms with Gasteiger partial charge in [0.05, 0.1) is 0 Å². The van der Waals surface area contributed by atoms with Crippen molar-refractivity contribution in [3.05, 3.63) is 28.2 Å². The van der Waals surface area contributed by atoms with Crippen LogP contribution in [0.15, 0.2) is 22.7 Å². The standard InChI is InChI=1S/C16H25BrN2/c1-4-16(5-2)8-9-19(12-16)15-10-14(17)7-6-13(15)11-18-3/h6-7,10,18H,4-5,8-9,11-12H2,1-3H3. The summed E-state index contributed by atoms with van der Waals surface area (Å²) in [7, 11) is 2.01. The Balaban J connectivity index is 2.25. The molecule has 0 aliphatic carbocycles. The summed E-state index contributed by atoms with van der Waals surface area (Å²) >= 11 is 3.61. The van der Waals surface area contributed by atoms with Crippen molar-refractivity contribution < 1.29 is 0 Å². The van der Waals surface area contributed by atoms with E-state index in [0.29, 0.717) is 5.41 Å². The smallest absolute Gasteiger partial charge is 0.0423 e. The predicted octanol–water partition coefficient (Wildman–Crippen LogP) is 4.19. The van der Waals surface area contributed by atoms with E-state index in [2.05, 4.69) is 58.2 Å². The Labute approximate surface area is 125 Å². The molecule has 19 heavy (non-hydrogen) atoms. The summed E-state index contributed by atoms with van der Waals surface area (Å²) in [6.07, 6.45) is 3.90. The van der Waals surface area contributed by atoms with E-state index in [1.807, 2.05) is 7.05 Å². The van der Waals surface area contributed by atoms with Crippen molar-refractivity contribution >= 4 is 21.6 Å². The van der Waals surface area contributed by atoms with E-state index in [9.17, 15) is 0 Å². The Morgan fingerprint density at radius 1 is 1.32 bits per heavy atom. The maximum Gasteiger partial charge on any atom is 0.0423 e. The molecule has 0 aromatic heterocycles. The lowest BCUT2D eigenvalue weighted by Crippen LogP contribution is -2.27. The van der Waals surface area contributed by atoms with Gasteiger partial charge in [0.1, 0.15) is 0 Å². The van der Waals surface area contributed by atoms with E-state index in [1.165, 1.54) is 48.1 Å². The van der Waals surface area contributed by atoms with Crippen LogP contribution in [0, 0.1) is 5.41 Å². The highest BCUT2D eigenvalue weighted by Crippen LogP contribution is 2.40. The van der Waals surface area contributed by atoms with Crippen molar-refractivity contribution in [2.24, 2.45) is 5.41 Å². The lowest BCUT2D eigenvalue weighted by atomic mass is 9.82. The molecule has 0 atom stereocenters. The minimum atomic E-state index is 0.527. The molecule has 1 aliphatic rings. The lowest BCUT2D eigenvalue weighted by molar-refractivity contribution is 0.301. The Morgan fingerprint density at radius 2 is 2.05 bits per heavy atom. The van der Waals surface area contributed by atoms with Crippen LogP contribution in [0.4, 0.5) is 5.69 Å². The fraction of sp³-hybridized carbons (Fsp3) is 0.625. The van der Waals surface area contributed by atoms with Crippen molar-refractivity contribution in [1.29, 1.82) is 0 Å². The first-order valence-corrected chi connectivity index (χ1v) is 8.11. The van der Waals surface area contributed by atoms with Crippen molar-refractivity contribution in [3.63, 3.8) is 0 Å². The average molecular weight is 325 g/mol. The minimum absolute atomic E-state index is 0.527. The number of nitrogens with one attached hydrogen (secondary N) is 1. The molecule has 0 spiro atoms. The number of halogens is 1. The molecular weight excluding hydrogens is 300 g/mol. The Hall–Kier alpha value is -0.540. The molecule has 0 amide bonds. The van der Waals surface area contributed by atoms with Gasteiger partial charge in [0.25, 0.3) is 0 Å². The van der Waals surface area contributed by atoms with Gasteiger partial charge in [-0.3, -0.25) is 0 Å². The summed E-state index contributed by atoms with van der Waals surface area (Å²) < 4.78 is 1.17. The molecule has 1 N–H and O–H groups in total. The van der Waals surface area contributed by atoms with Crippen LogP contribution in [-0.2, 0) is 6.54 Å². The molecule has 1 aliphatic heterocycles. The molecule has 2 nitrogen and oxygen atoms in total. The average Bonchev–Trinajstić information content (AvgIpc) is 2.86. The van der Waals surface area contributed by atoms with Gasteiger partial charge in [0.2, 0.25) is 0 Å². The molecule has 0 unspecified atom stereocenters. The SMILES string of the molecule is CCC1(CC)CCN(c2cc(Br)ccc2CNC)C1. The monoisotopic (exact) mass is 324 g/mol. The fourth-order valence-electron chi connectivity index (χ4n) is 3.14. The minimum Gasteiger partial charge on any atom is -0.371 e. The molecule has 1 fully saturated rings. The van der Waals surface area contributed by atoms with Gasteiger partial charge in [-0.25, -0.2) is 0 Å².